The molecule has 1 N–H and O–H groups in total. The highest BCUT2D eigenvalue weighted by atomic mass is 16.5. The zero-order valence-electron chi connectivity index (χ0n) is 9.45. The van der Waals surface area contributed by atoms with E-state index in [1.54, 1.807) is 20.8 Å². The summed E-state index contributed by atoms with van der Waals surface area (Å²) >= 11 is 0. The molecule has 4 nitrogen and oxygen atoms in total. The molecular weight excluding hydrogens is 196 g/mol. The zero-order chi connectivity index (χ0) is 11.9. The van der Waals surface area contributed by atoms with E-state index in [9.17, 15) is 4.79 Å². The molecule has 0 spiro atoms. The third-order valence-corrected chi connectivity index (χ3v) is 1.83. The van der Waals surface area contributed by atoms with Gasteiger partial charge in [0, 0.05) is 13.0 Å². The number of hydrogen-bond donors (Lipinski definition) is 1. The lowest BCUT2D eigenvalue weighted by Crippen LogP contribution is -2.29. The van der Waals surface area contributed by atoms with Crippen LogP contribution in [0, 0.1) is 12.3 Å². The summed E-state index contributed by atoms with van der Waals surface area (Å²) in [5.41, 5.74) is -0.657. The van der Waals surface area contributed by atoms with Gasteiger partial charge in [-0.3, -0.25) is 0 Å². The smallest absolute Gasteiger partial charge is 0.332 e. The average molecular weight is 214 g/mol. The van der Waals surface area contributed by atoms with Crippen molar-refractivity contribution in [2.45, 2.75) is 38.9 Å². The predicted molar refractivity (Wildman–Crippen MR) is 56.5 cm³/mol. The maximum absolute atomic E-state index is 10.7. The first-order valence-electron chi connectivity index (χ1n) is 4.89. The van der Waals surface area contributed by atoms with E-state index in [4.69, 9.17) is 21.0 Å². The highest BCUT2D eigenvalue weighted by Gasteiger charge is 2.20. The largest absolute Gasteiger partial charge is 0.479 e. The van der Waals surface area contributed by atoms with Crippen LogP contribution in [0.2, 0.25) is 0 Å². The van der Waals surface area contributed by atoms with Crippen molar-refractivity contribution in [2.24, 2.45) is 0 Å². The maximum atomic E-state index is 10.7. The molecule has 4 heteroatoms. The molecule has 0 aliphatic carbocycles. The first-order valence-corrected chi connectivity index (χ1v) is 4.89. The van der Waals surface area contributed by atoms with Gasteiger partial charge in [-0.25, -0.2) is 4.79 Å². The number of aliphatic carboxylic acids is 1. The van der Waals surface area contributed by atoms with Gasteiger partial charge in [-0.15, -0.1) is 6.42 Å². The number of carboxylic acids is 1. The lowest BCUT2D eigenvalue weighted by atomic mass is 10.1. The van der Waals surface area contributed by atoms with Crippen LogP contribution in [0.4, 0.5) is 0 Å². The fraction of sp³-hybridized carbons (Fsp3) is 0.727. The summed E-state index contributed by atoms with van der Waals surface area (Å²) in [6.45, 7) is 5.90. The minimum atomic E-state index is -0.973. The SMILES string of the molecule is C#CC(C)(C)OCCC(OCC)C(=O)O. The van der Waals surface area contributed by atoms with E-state index in [0.717, 1.165) is 0 Å². The van der Waals surface area contributed by atoms with Crippen molar-refractivity contribution in [1.82, 2.24) is 0 Å². The Labute approximate surface area is 90.6 Å². The van der Waals surface area contributed by atoms with Crippen molar-refractivity contribution in [3.05, 3.63) is 0 Å². The molecule has 0 radical (unpaired) electrons. The quantitative estimate of drug-likeness (QED) is 0.649. The molecule has 0 aromatic rings. The molecular formula is C11H18O4. The highest BCUT2D eigenvalue weighted by molar-refractivity contribution is 5.72. The van der Waals surface area contributed by atoms with Gasteiger partial charge in [0.15, 0.2) is 6.10 Å². The van der Waals surface area contributed by atoms with Gasteiger partial charge in [0.1, 0.15) is 5.60 Å². The monoisotopic (exact) mass is 214 g/mol. The second-order valence-corrected chi connectivity index (χ2v) is 3.57. The van der Waals surface area contributed by atoms with E-state index < -0.39 is 17.7 Å². The molecule has 0 amide bonds. The lowest BCUT2D eigenvalue weighted by molar-refractivity contribution is -0.151. The molecule has 15 heavy (non-hydrogen) atoms. The second-order valence-electron chi connectivity index (χ2n) is 3.57. The Bertz CT molecular complexity index is 239. The van der Waals surface area contributed by atoms with Crippen molar-refractivity contribution < 1.29 is 19.4 Å². The van der Waals surface area contributed by atoms with E-state index in [1.165, 1.54) is 0 Å². The lowest BCUT2D eigenvalue weighted by Gasteiger charge is -2.20. The van der Waals surface area contributed by atoms with Crippen LogP contribution >= 0.6 is 0 Å². The average Bonchev–Trinajstić information content (AvgIpc) is 2.16. The van der Waals surface area contributed by atoms with Crippen molar-refractivity contribution in [1.29, 1.82) is 0 Å². The van der Waals surface area contributed by atoms with Crippen LogP contribution in [-0.2, 0) is 14.3 Å². The van der Waals surface area contributed by atoms with Crippen LogP contribution in [0.1, 0.15) is 27.2 Å². The highest BCUT2D eigenvalue weighted by Crippen LogP contribution is 2.09. The number of rotatable bonds is 7. The van der Waals surface area contributed by atoms with Gasteiger partial charge in [0.2, 0.25) is 0 Å². The predicted octanol–water partition coefficient (Wildman–Crippen LogP) is 1.29. The number of terminal acetylenes is 1. The van der Waals surface area contributed by atoms with E-state index >= 15 is 0 Å². The minimum Gasteiger partial charge on any atom is -0.479 e. The van der Waals surface area contributed by atoms with Gasteiger partial charge in [-0.2, -0.15) is 0 Å². The molecule has 0 aromatic carbocycles. The molecule has 0 rings (SSSR count). The summed E-state index contributed by atoms with van der Waals surface area (Å²) in [5.74, 6) is 1.49. The Hall–Kier alpha value is -1.05. The fourth-order valence-corrected chi connectivity index (χ4v) is 0.942. The summed E-state index contributed by atoms with van der Waals surface area (Å²) < 4.78 is 10.3. The van der Waals surface area contributed by atoms with Gasteiger partial charge in [-0.05, 0) is 20.8 Å². The van der Waals surface area contributed by atoms with Crippen LogP contribution in [0.5, 0.6) is 0 Å². The van der Waals surface area contributed by atoms with E-state index in [1.807, 2.05) is 0 Å². The second kappa shape index (κ2) is 6.44. The Balaban J connectivity index is 3.92. The molecule has 1 unspecified atom stereocenters. The Morgan fingerprint density at radius 3 is 2.60 bits per heavy atom. The topological polar surface area (TPSA) is 55.8 Å². The van der Waals surface area contributed by atoms with Crippen molar-refractivity contribution >= 4 is 5.97 Å². The third kappa shape index (κ3) is 6.10. The summed E-state index contributed by atoms with van der Waals surface area (Å²) in [4.78, 5) is 10.7. The van der Waals surface area contributed by atoms with Crippen LogP contribution in [0.3, 0.4) is 0 Å². The normalized spacial score (nSPS) is 13.2. The molecule has 1 atom stereocenters. The molecule has 86 valence electrons. The molecule has 0 fully saturated rings. The van der Waals surface area contributed by atoms with Crippen LogP contribution < -0.4 is 0 Å². The Kier molecular flexibility index (Phi) is 5.99. The van der Waals surface area contributed by atoms with Crippen LogP contribution in [0.15, 0.2) is 0 Å². The standard InChI is InChI=1S/C11H18O4/c1-5-11(3,4)15-8-7-9(10(12)13)14-6-2/h1,9H,6-8H2,2-4H3,(H,12,13). The van der Waals surface area contributed by atoms with E-state index in [-0.39, 0.29) is 6.61 Å². The number of ether oxygens (including phenoxy) is 2. The van der Waals surface area contributed by atoms with Gasteiger partial charge in [-0.1, -0.05) is 5.92 Å². The fourth-order valence-electron chi connectivity index (χ4n) is 0.942. The summed E-state index contributed by atoms with van der Waals surface area (Å²) in [5, 5.41) is 8.77. The Morgan fingerprint density at radius 2 is 2.20 bits per heavy atom. The molecule has 0 saturated carbocycles. The first kappa shape index (κ1) is 13.9. The van der Waals surface area contributed by atoms with E-state index in [0.29, 0.717) is 13.0 Å². The summed E-state index contributed by atoms with van der Waals surface area (Å²) in [6, 6.07) is 0. The number of hydrogen-bond acceptors (Lipinski definition) is 3. The molecule has 0 aliphatic rings. The minimum absolute atomic E-state index is 0.272. The van der Waals surface area contributed by atoms with Crippen molar-refractivity contribution in [3.8, 4) is 12.3 Å². The molecule has 0 saturated heterocycles. The Morgan fingerprint density at radius 1 is 1.60 bits per heavy atom. The molecule has 0 aromatic heterocycles. The zero-order valence-corrected chi connectivity index (χ0v) is 9.45. The van der Waals surface area contributed by atoms with Crippen molar-refractivity contribution in [3.63, 3.8) is 0 Å². The molecule has 0 heterocycles. The van der Waals surface area contributed by atoms with Gasteiger partial charge < -0.3 is 14.6 Å². The van der Waals surface area contributed by atoms with Crippen LogP contribution in [0.25, 0.3) is 0 Å². The van der Waals surface area contributed by atoms with Gasteiger partial charge in [0.25, 0.3) is 0 Å². The van der Waals surface area contributed by atoms with Crippen LogP contribution in [-0.4, -0.2) is 36.0 Å². The molecule has 0 aliphatic heterocycles. The van der Waals surface area contributed by atoms with Crippen molar-refractivity contribution in [2.75, 3.05) is 13.2 Å². The first-order chi connectivity index (χ1) is 6.93. The van der Waals surface area contributed by atoms with E-state index in [2.05, 4.69) is 5.92 Å². The summed E-state index contributed by atoms with van der Waals surface area (Å²) in [6.07, 6.45) is 4.70. The third-order valence-electron chi connectivity index (χ3n) is 1.83. The summed E-state index contributed by atoms with van der Waals surface area (Å²) in [7, 11) is 0. The number of carbonyl (C=O) groups is 1. The molecule has 0 bridgehead atoms. The van der Waals surface area contributed by atoms with Gasteiger partial charge >= 0.3 is 5.97 Å². The van der Waals surface area contributed by atoms with Gasteiger partial charge in [0.05, 0.1) is 6.61 Å². The number of carboxylic acid groups (broad SMARTS) is 1. The maximum Gasteiger partial charge on any atom is 0.332 e.